The Labute approximate surface area is 117 Å². The fraction of sp³-hybridized carbons (Fsp3) is 0.688. The summed E-state index contributed by atoms with van der Waals surface area (Å²) in [6, 6.07) is 0. The minimum atomic E-state index is 0.817. The van der Waals surface area contributed by atoms with Crippen molar-refractivity contribution in [1.82, 2.24) is 9.88 Å². The standard InChI is InChI=1S/C16H27N3/c1-11(2)14-5-7-19(8-6-14)10-15-13(4)16(17)12(3)9-18-15/h9,11,14H,5-8,10H2,1-4H3,(H2,17,18). The van der Waals surface area contributed by atoms with E-state index >= 15 is 0 Å². The van der Waals surface area contributed by atoms with Gasteiger partial charge in [-0.3, -0.25) is 9.88 Å². The molecule has 0 unspecified atom stereocenters. The molecule has 1 aromatic rings. The number of piperidine rings is 1. The number of aryl methyl sites for hydroxylation is 1. The van der Waals surface area contributed by atoms with Gasteiger partial charge in [0, 0.05) is 18.4 Å². The van der Waals surface area contributed by atoms with Crippen molar-refractivity contribution in [3.8, 4) is 0 Å². The van der Waals surface area contributed by atoms with Crippen LogP contribution in [-0.2, 0) is 6.54 Å². The maximum atomic E-state index is 6.09. The van der Waals surface area contributed by atoms with E-state index in [9.17, 15) is 0 Å². The second-order valence-corrected chi connectivity index (χ2v) is 6.28. The molecule has 19 heavy (non-hydrogen) atoms. The number of nitrogen functional groups attached to an aromatic ring is 1. The Morgan fingerprint density at radius 2 is 1.95 bits per heavy atom. The number of rotatable bonds is 3. The average molecular weight is 261 g/mol. The van der Waals surface area contributed by atoms with Crippen molar-refractivity contribution < 1.29 is 0 Å². The molecule has 2 N–H and O–H groups in total. The molecule has 1 aliphatic heterocycles. The summed E-state index contributed by atoms with van der Waals surface area (Å²) in [7, 11) is 0. The summed E-state index contributed by atoms with van der Waals surface area (Å²) in [4.78, 5) is 7.08. The van der Waals surface area contributed by atoms with Crippen molar-refractivity contribution in [1.29, 1.82) is 0 Å². The fourth-order valence-electron chi connectivity index (χ4n) is 2.94. The van der Waals surface area contributed by atoms with Crippen LogP contribution < -0.4 is 5.73 Å². The Balaban J connectivity index is 1.98. The van der Waals surface area contributed by atoms with Gasteiger partial charge in [0.05, 0.1) is 5.69 Å². The highest BCUT2D eigenvalue weighted by Crippen LogP contribution is 2.26. The largest absolute Gasteiger partial charge is 0.398 e. The molecule has 0 atom stereocenters. The van der Waals surface area contributed by atoms with Gasteiger partial charge in [-0.15, -0.1) is 0 Å². The van der Waals surface area contributed by atoms with Crippen LogP contribution in [0.25, 0.3) is 0 Å². The van der Waals surface area contributed by atoms with Gasteiger partial charge in [-0.25, -0.2) is 0 Å². The van der Waals surface area contributed by atoms with Crippen molar-refractivity contribution in [3.63, 3.8) is 0 Å². The van der Waals surface area contributed by atoms with Crippen LogP contribution in [0, 0.1) is 25.7 Å². The van der Waals surface area contributed by atoms with Gasteiger partial charge in [0.1, 0.15) is 0 Å². The SMILES string of the molecule is Cc1cnc(CN2CCC(C(C)C)CC2)c(C)c1N. The molecule has 1 fully saturated rings. The summed E-state index contributed by atoms with van der Waals surface area (Å²) >= 11 is 0. The first-order valence-corrected chi connectivity index (χ1v) is 7.42. The van der Waals surface area contributed by atoms with Crippen molar-refractivity contribution in [2.45, 2.75) is 47.1 Å². The Hall–Kier alpha value is -1.09. The lowest BCUT2D eigenvalue weighted by molar-refractivity contribution is 0.150. The van der Waals surface area contributed by atoms with Crippen LogP contribution in [0.4, 0.5) is 5.69 Å². The summed E-state index contributed by atoms with van der Waals surface area (Å²) in [5, 5.41) is 0. The summed E-state index contributed by atoms with van der Waals surface area (Å²) < 4.78 is 0. The lowest BCUT2D eigenvalue weighted by Gasteiger charge is -2.33. The van der Waals surface area contributed by atoms with Gasteiger partial charge in [-0.2, -0.15) is 0 Å². The van der Waals surface area contributed by atoms with E-state index in [-0.39, 0.29) is 0 Å². The van der Waals surface area contributed by atoms with Crippen LogP contribution in [0.15, 0.2) is 6.20 Å². The van der Waals surface area contributed by atoms with Crippen LogP contribution in [0.2, 0.25) is 0 Å². The number of pyridine rings is 1. The van der Waals surface area contributed by atoms with Gasteiger partial charge in [-0.1, -0.05) is 13.8 Å². The van der Waals surface area contributed by atoms with Gasteiger partial charge in [-0.05, 0) is 62.7 Å². The molecule has 0 aromatic carbocycles. The van der Waals surface area contributed by atoms with Crippen LogP contribution in [0.5, 0.6) is 0 Å². The fourth-order valence-corrected chi connectivity index (χ4v) is 2.94. The molecule has 3 nitrogen and oxygen atoms in total. The number of hydrogen-bond donors (Lipinski definition) is 1. The molecule has 2 heterocycles. The van der Waals surface area contributed by atoms with E-state index in [1.807, 2.05) is 13.1 Å². The zero-order valence-electron chi connectivity index (χ0n) is 12.7. The molecule has 0 aliphatic carbocycles. The third-order valence-corrected chi connectivity index (χ3v) is 4.62. The maximum Gasteiger partial charge on any atom is 0.0593 e. The number of nitrogens with two attached hydrogens (primary N) is 1. The number of anilines is 1. The number of nitrogens with zero attached hydrogens (tertiary/aromatic N) is 2. The summed E-state index contributed by atoms with van der Waals surface area (Å²) in [5.41, 5.74) is 10.4. The topological polar surface area (TPSA) is 42.2 Å². The van der Waals surface area contributed by atoms with E-state index in [0.717, 1.165) is 40.9 Å². The van der Waals surface area contributed by atoms with E-state index in [2.05, 4.69) is 30.7 Å². The molecule has 0 amide bonds. The number of hydrogen-bond acceptors (Lipinski definition) is 3. The van der Waals surface area contributed by atoms with Crippen molar-refractivity contribution in [3.05, 3.63) is 23.0 Å². The van der Waals surface area contributed by atoms with E-state index in [1.165, 1.54) is 25.9 Å². The second-order valence-electron chi connectivity index (χ2n) is 6.28. The third kappa shape index (κ3) is 3.27. The van der Waals surface area contributed by atoms with Gasteiger partial charge in [0.25, 0.3) is 0 Å². The van der Waals surface area contributed by atoms with E-state index < -0.39 is 0 Å². The van der Waals surface area contributed by atoms with Crippen LogP contribution in [0.3, 0.4) is 0 Å². The molecular weight excluding hydrogens is 234 g/mol. The minimum Gasteiger partial charge on any atom is -0.398 e. The zero-order valence-corrected chi connectivity index (χ0v) is 12.7. The molecule has 0 spiro atoms. The molecule has 106 valence electrons. The Kier molecular flexibility index (Phi) is 4.46. The second kappa shape index (κ2) is 5.91. The Morgan fingerprint density at radius 3 is 2.53 bits per heavy atom. The quantitative estimate of drug-likeness (QED) is 0.909. The first kappa shape index (κ1) is 14.3. The van der Waals surface area contributed by atoms with Gasteiger partial charge in [0.15, 0.2) is 0 Å². The molecular formula is C16H27N3. The highest BCUT2D eigenvalue weighted by Gasteiger charge is 2.22. The van der Waals surface area contributed by atoms with E-state index in [1.54, 1.807) is 0 Å². The lowest BCUT2D eigenvalue weighted by Crippen LogP contribution is -2.35. The minimum absolute atomic E-state index is 0.817. The molecule has 0 bridgehead atoms. The van der Waals surface area contributed by atoms with Crippen LogP contribution >= 0.6 is 0 Å². The highest BCUT2D eigenvalue weighted by atomic mass is 15.1. The number of likely N-dealkylation sites (tertiary alicyclic amines) is 1. The first-order valence-electron chi connectivity index (χ1n) is 7.42. The van der Waals surface area contributed by atoms with Crippen molar-refractivity contribution >= 4 is 5.69 Å². The maximum absolute atomic E-state index is 6.09. The smallest absolute Gasteiger partial charge is 0.0593 e. The van der Waals surface area contributed by atoms with Gasteiger partial charge >= 0.3 is 0 Å². The van der Waals surface area contributed by atoms with Gasteiger partial charge in [0.2, 0.25) is 0 Å². The van der Waals surface area contributed by atoms with Crippen molar-refractivity contribution in [2.75, 3.05) is 18.8 Å². The average Bonchev–Trinajstić information content (AvgIpc) is 2.40. The van der Waals surface area contributed by atoms with E-state index in [4.69, 9.17) is 5.73 Å². The van der Waals surface area contributed by atoms with Crippen molar-refractivity contribution in [2.24, 2.45) is 11.8 Å². The lowest BCUT2D eigenvalue weighted by atomic mass is 9.86. The Bertz CT molecular complexity index is 432. The first-order chi connectivity index (χ1) is 8.99. The molecule has 0 saturated carbocycles. The third-order valence-electron chi connectivity index (χ3n) is 4.62. The van der Waals surface area contributed by atoms with Crippen LogP contribution in [-0.4, -0.2) is 23.0 Å². The monoisotopic (exact) mass is 261 g/mol. The molecule has 1 saturated heterocycles. The molecule has 3 heteroatoms. The zero-order chi connectivity index (χ0) is 14.0. The predicted octanol–water partition coefficient (Wildman–Crippen LogP) is 3.15. The molecule has 0 radical (unpaired) electrons. The van der Waals surface area contributed by atoms with Gasteiger partial charge < -0.3 is 5.73 Å². The molecule has 2 rings (SSSR count). The summed E-state index contributed by atoms with van der Waals surface area (Å²) in [6.45, 7) is 12.1. The molecule has 1 aromatic heterocycles. The predicted molar refractivity (Wildman–Crippen MR) is 81.0 cm³/mol. The molecule has 1 aliphatic rings. The summed E-state index contributed by atoms with van der Waals surface area (Å²) in [6.07, 6.45) is 4.54. The number of aromatic nitrogens is 1. The Morgan fingerprint density at radius 1 is 1.32 bits per heavy atom. The van der Waals surface area contributed by atoms with E-state index in [0.29, 0.717) is 0 Å². The normalized spacial score (nSPS) is 18.2. The highest BCUT2D eigenvalue weighted by molar-refractivity contribution is 5.53. The summed E-state index contributed by atoms with van der Waals surface area (Å²) in [5.74, 6) is 1.71. The van der Waals surface area contributed by atoms with Crippen LogP contribution in [0.1, 0.15) is 43.5 Å².